The van der Waals surface area contributed by atoms with Crippen molar-refractivity contribution < 1.29 is 4.79 Å². The second-order valence-electron chi connectivity index (χ2n) is 4.53. The van der Waals surface area contributed by atoms with Crippen LogP contribution in [-0.4, -0.2) is 23.4 Å². The molecule has 3 unspecified atom stereocenters. The summed E-state index contributed by atoms with van der Waals surface area (Å²) in [4.78, 5) is 15.9. The molecule has 1 N–H and O–H groups in total. The van der Waals surface area contributed by atoms with Gasteiger partial charge in [0, 0.05) is 30.8 Å². The van der Waals surface area contributed by atoms with E-state index in [-0.39, 0.29) is 5.92 Å². The van der Waals surface area contributed by atoms with Crippen molar-refractivity contribution in [2.75, 3.05) is 6.54 Å². The summed E-state index contributed by atoms with van der Waals surface area (Å²) in [5, 5.41) is 3.38. The number of pyridine rings is 1. The highest BCUT2D eigenvalue weighted by Crippen LogP contribution is 2.40. The topological polar surface area (TPSA) is 42.0 Å². The van der Waals surface area contributed by atoms with E-state index in [1.165, 1.54) is 6.42 Å². The molecule has 0 spiro atoms. The van der Waals surface area contributed by atoms with Crippen molar-refractivity contribution in [2.24, 2.45) is 11.8 Å². The maximum Gasteiger partial charge on any atom is 0.142 e. The van der Waals surface area contributed by atoms with Crippen LogP contribution in [0.5, 0.6) is 0 Å². The van der Waals surface area contributed by atoms with Crippen molar-refractivity contribution in [3.05, 3.63) is 30.1 Å². The second kappa shape index (κ2) is 3.42. The molecule has 0 amide bonds. The Bertz CT molecular complexity index is 362. The van der Waals surface area contributed by atoms with Gasteiger partial charge in [0.05, 0.1) is 0 Å². The fraction of sp³-hybridized carbons (Fsp3) is 0.500. The lowest BCUT2D eigenvalue weighted by molar-refractivity contribution is -0.126. The van der Waals surface area contributed by atoms with Gasteiger partial charge >= 0.3 is 0 Å². The van der Waals surface area contributed by atoms with Gasteiger partial charge in [-0.05, 0) is 36.6 Å². The highest BCUT2D eigenvalue weighted by Gasteiger charge is 2.49. The molecule has 3 fully saturated rings. The number of nitrogens with one attached hydrogen (secondary N) is 1. The number of carbonyl (C=O) groups is 1. The predicted molar refractivity (Wildman–Crippen MR) is 56.3 cm³/mol. The van der Waals surface area contributed by atoms with Crippen LogP contribution in [0.4, 0.5) is 0 Å². The summed E-state index contributed by atoms with van der Waals surface area (Å²) in [6, 6.07) is 4.32. The normalized spacial score (nSPS) is 32.4. The van der Waals surface area contributed by atoms with E-state index in [1.807, 2.05) is 12.1 Å². The number of aromatic nitrogens is 1. The van der Waals surface area contributed by atoms with Gasteiger partial charge in [0.2, 0.25) is 0 Å². The number of fused-ring (bicyclic) bond motifs is 1. The maximum atomic E-state index is 12.0. The van der Waals surface area contributed by atoms with Crippen LogP contribution < -0.4 is 5.32 Å². The zero-order chi connectivity index (χ0) is 10.3. The molecular formula is C12H14N2O. The molecule has 2 bridgehead atoms. The van der Waals surface area contributed by atoms with Crippen LogP contribution >= 0.6 is 0 Å². The largest absolute Gasteiger partial charge is 0.313 e. The molecule has 3 aliphatic rings. The summed E-state index contributed by atoms with van der Waals surface area (Å²) in [5.74, 6) is 1.30. The molecule has 1 aromatic heterocycles. The van der Waals surface area contributed by atoms with Crippen LogP contribution in [0.1, 0.15) is 12.0 Å². The summed E-state index contributed by atoms with van der Waals surface area (Å²) in [7, 11) is 0. The van der Waals surface area contributed by atoms with Crippen LogP contribution in [0.15, 0.2) is 24.5 Å². The molecule has 15 heavy (non-hydrogen) atoms. The molecule has 2 aliphatic heterocycles. The molecule has 2 saturated heterocycles. The standard InChI is InChI=1S/C12H14N2O/c15-11(5-8-1-3-13-4-2-8)12-9-6-10(12)14-7-9/h1-4,9-10,12,14H,5-7H2. The molecule has 3 nitrogen and oxygen atoms in total. The molecule has 1 aromatic rings. The number of rotatable bonds is 3. The highest BCUT2D eigenvalue weighted by atomic mass is 16.1. The second-order valence-corrected chi connectivity index (χ2v) is 4.53. The molecule has 78 valence electrons. The van der Waals surface area contributed by atoms with Crippen LogP contribution in [0.25, 0.3) is 0 Å². The fourth-order valence-electron chi connectivity index (χ4n) is 2.78. The Hall–Kier alpha value is -1.22. The molecule has 0 aromatic carbocycles. The average molecular weight is 202 g/mol. The first-order valence-corrected chi connectivity index (χ1v) is 5.49. The highest BCUT2D eigenvalue weighted by molar-refractivity contribution is 5.85. The Labute approximate surface area is 88.9 Å². The minimum atomic E-state index is 0.290. The van der Waals surface area contributed by atoms with Crippen LogP contribution in [-0.2, 0) is 11.2 Å². The van der Waals surface area contributed by atoms with Crippen molar-refractivity contribution >= 4 is 5.78 Å². The number of carbonyl (C=O) groups excluding carboxylic acids is 1. The lowest BCUT2D eigenvalue weighted by Gasteiger charge is -2.33. The van der Waals surface area contributed by atoms with Crippen molar-refractivity contribution in [3.63, 3.8) is 0 Å². The number of hydrogen-bond donors (Lipinski definition) is 1. The third-order valence-electron chi connectivity index (χ3n) is 3.64. The van der Waals surface area contributed by atoms with E-state index in [9.17, 15) is 4.79 Å². The molecule has 1 saturated carbocycles. The summed E-state index contributed by atoms with van der Waals surface area (Å²) in [5.41, 5.74) is 1.08. The third kappa shape index (κ3) is 1.47. The lowest BCUT2D eigenvalue weighted by Crippen LogP contribution is -2.42. The zero-order valence-electron chi connectivity index (χ0n) is 8.52. The number of nitrogens with zero attached hydrogens (tertiary/aromatic N) is 1. The molecule has 3 heterocycles. The Balaban J connectivity index is 1.67. The van der Waals surface area contributed by atoms with Crippen molar-refractivity contribution in [1.29, 1.82) is 0 Å². The first-order chi connectivity index (χ1) is 7.34. The summed E-state index contributed by atoms with van der Waals surface area (Å²) < 4.78 is 0. The molecular weight excluding hydrogens is 188 g/mol. The Morgan fingerprint density at radius 2 is 2.27 bits per heavy atom. The van der Waals surface area contributed by atoms with Crippen molar-refractivity contribution in [3.8, 4) is 0 Å². The molecule has 3 atom stereocenters. The number of ketones is 1. The van der Waals surface area contributed by atoms with E-state index in [2.05, 4.69) is 10.3 Å². The first kappa shape index (κ1) is 9.04. The van der Waals surface area contributed by atoms with E-state index >= 15 is 0 Å². The average Bonchev–Trinajstić information content (AvgIpc) is 2.80. The predicted octanol–water partition coefficient (Wildman–Crippen LogP) is 0.801. The van der Waals surface area contributed by atoms with Crippen LogP contribution in [0.2, 0.25) is 0 Å². The van der Waals surface area contributed by atoms with E-state index < -0.39 is 0 Å². The van der Waals surface area contributed by atoms with Gasteiger partial charge in [-0.2, -0.15) is 0 Å². The quantitative estimate of drug-likeness (QED) is 0.788. The Morgan fingerprint density at radius 1 is 1.47 bits per heavy atom. The first-order valence-electron chi connectivity index (χ1n) is 5.49. The van der Waals surface area contributed by atoms with E-state index in [0.29, 0.717) is 24.2 Å². The van der Waals surface area contributed by atoms with Gasteiger partial charge in [-0.1, -0.05) is 0 Å². The number of hydrogen-bond acceptors (Lipinski definition) is 3. The summed E-state index contributed by atoms with van der Waals surface area (Å²) in [6.07, 6.45) is 5.26. The van der Waals surface area contributed by atoms with Crippen LogP contribution in [0, 0.1) is 11.8 Å². The minimum Gasteiger partial charge on any atom is -0.313 e. The maximum absolute atomic E-state index is 12.0. The van der Waals surface area contributed by atoms with E-state index in [0.717, 1.165) is 12.1 Å². The molecule has 0 radical (unpaired) electrons. The summed E-state index contributed by atoms with van der Waals surface area (Å²) >= 11 is 0. The fourth-order valence-corrected chi connectivity index (χ4v) is 2.78. The van der Waals surface area contributed by atoms with E-state index in [1.54, 1.807) is 12.4 Å². The Morgan fingerprint density at radius 3 is 2.87 bits per heavy atom. The third-order valence-corrected chi connectivity index (χ3v) is 3.64. The van der Waals surface area contributed by atoms with Gasteiger partial charge in [0.1, 0.15) is 5.78 Å². The van der Waals surface area contributed by atoms with Crippen molar-refractivity contribution in [1.82, 2.24) is 10.3 Å². The van der Waals surface area contributed by atoms with Gasteiger partial charge < -0.3 is 5.32 Å². The molecule has 4 rings (SSSR count). The Kier molecular flexibility index (Phi) is 2.06. The van der Waals surface area contributed by atoms with Gasteiger partial charge in [0.15, 0.2) is 0 Å². The van der Waals surface area contributed by atoms with Crippen molar-refractivity contribution in [2.45, 2.75) is 18.9 Å². The van der Waals surface area contributed by atoms with Gasteiger partial charge in [0.25, 0.3) is 0 Å². The lowest BCUT2D eigenvalue weighted by atomic mass is 9.70. The zero-order valence-corrected chi connectivity index (χ0v) is 8.52. The van der Waals surface area contributed by atoms with Gasteiger partial charge in [-0.25, -0.2) is 0 Å². The summed E-state index contributed by atoms with van der Waals surface area (Å²) in [6.45, 7) is 1.04. The van der Waals surface area contributed by atoms with Crippen LogP contribution in [0.3, 0.4) is 0 Å². The van der Waals surface area contributed by atoms with Gasteiger partial charge in [-0.15, -0.1) is 0 Å². The monoisotopic (exact) mass is 202 g/mol. The SMILES string of the molecule is O=C(Cc1ccncc1)C1C2CNC1C2. The number of Topliss-reactive ketones (excluding diaryl/α,β-unsaturated/α-hetero) is 1. The smallest absolute Gasteiger partial charge is 0.142 e. The molecule has 1 aliphatic carbocycles. The van der Waals surface area contributed by atoms with Gasteiger partial charge in [-0.3, -0.25) is 9.78 Å². The minimum absolute atomic E-state index is 0.290. The van der Waals surface area contributed by atoms with E-state index in [4.69, 9.17) is 0 Å². The molecule has 3 heteroatoms.